The predicted octanol–water partition coefficient (Wildman–Crippen LogP) is 2.90. The fourth-order valence-electron chi connectivity index (χ4n) is 3.52. The number of benzene rings is 2. The van der Waals surface area contributed by atoms with E-state index in [0.29, 0.717) is 37.0 Å². The van der Waals surface area contributed by atoms with Gasteiger partial charge in [-0.1, -0.05) is 36.4 Å². The molecule has 0 atom stereocenters. The zero-order chi connectivity index (χ0) is 21.8. The molecule has 31 heavy (non-hydrogen) atoms. The van der Waals surface area contributed by atoms with Crippen LogP contribution in [0.5, 0.6) is 11.5 Å². The molecule has 160 valence electrons. The molecule has 2 heterocycles. The van der Waals surface area contributed by atoms with Crippen molar-refractivity contribution in [2.45, 2.75) is 19.6 Å². The Labute approximate surface area is 179 Å². The van der Waals surface area contributed by atoms with E-state index in [9.17, 15) is 9.59 Å². The van der Waals surface area contributed by atoms with Gasteiger partial charge >= 0.3 is 6.03 Å². The Balaban J connectivity index is 1.44. The van der Waals surface area contributed by atoms with Crippen LogP contribution in [0.4, 0.5) is 10.6 Å². The standard InChI is InChI=1S/C22H23N5O4/c1-30-17-9-6-10-18(31-2)19(17)21(28)24-20-15-12-27(13-16(15)25-26-20)22(29)23-11-14-7-4-3-5-8-14/h3-10H,11-13H2,1-2H3,(H,23,29)(H2,24,25,26,28). The van der Waals surface area contributed by atoms with Crippen LogP contribution >= 0.6 is 0 Å². The number of aromatic amines is 1. The van der Waals surface area contributed by atoms with Crippen LogP contribution in [-0.4, -0.2) is 41.3 Å². The van der Waals surface area contributed by atoms with Crippen molar-refractivity contribution in [3.63, 3.8) is 0 Å². The molecule has 0 bridgehead atoms. The number of carbonyl (C=O) groups excluding carboxylic acids is 2. The molecule has 4 rings (SSSR count). The maximum absolute atomic E-state index is 12.9. The Kier molecular flexibility index (Phi) is 5.74. The van der Waals surface area contributed by atoms with Gasteiger partial charge in [0.05, 0.1) is 33.0 Å². The molecule has 0 unspecified atom stereocenters. The monoisotopic (exact) mass is 421 g/mol. The molecule has 0 radical (unpaired) electrons. The van der Waals surface area contributed by atoms with Crippen molar-refractivity contribution in [1.82, 2.24) is 20.4 Å². The maximum Gasteiger partial charge on any atom is 0.318 e. The van der Waals surface area contributed by atoms with Crippen molar-refractivity contribution >= 4 is 17.8 Å². The van der Waals surface area contributed by atoms with Gasteiger partial charge in [-0.05, 0) is 17.7 Å². The molecular weight excluding hydrogens is 398 g/mol. The number of hydrogen-bond donors (Lipinski definition) is 3. The molecular formula is C22H23N5O4. The molecule has 3 amide bonds. The zero-order valence-corrected chi connectivity index (χ0v) is 17.3. The number of rotatable bonds is 6. The molecule has 0 saturated heterocycles. The summed E-state index contributed by atoms with van der Waals surface area (Å²) in [5.41, 5.74) is 2.86. The molecule has 0 aliphatic carbocycles. The topological polar surface area (TPSA) is 109 Å². The van der Waals surface area contributed by atoms with Gasteiger partial charge in [-0.15, -0.1) is 0 Å². The van der Waals surface area contributed by atoms with Gasteiger partial charge in [-0.25, -0.2) is 4.79 Å². The lowest BCUT2D eigenvalue weighted by atomic mass is 10.1. The molecule has 1 aliphatic heterocycles. The van der Waals surface area contributed by atoms with E-state index in [1.807, 2.05) is 30.3 Å². The Morgan fingerprint density at radius 3 is 2.42 bits per heavy atom. The summed E-state index contributed by atoms with van der Waals surface area (Å²) in [6.45, 7) is 1.17. The number of urea groups is 1. The zero-order valence-electron chi connectivity index (χ0n) is 17.3. The molecule has 3 aromatic rings. The summed E-state index contributed by atoms with van der Waals surface area (Å²) in [5.74, 6) is 0.763. The van der Waals surface area contributed by atoms with Crippen molar-refractivity contribution in [3.8, 4) is 11.5 Å². The quantitative estimate of drug-likeness (QED) is 0.567. The van der Waals surface area contributed by atoms with Crippen LogP contribution in [0.1, 0.15) is 27.2 Å². The summed E-state index contributed by atoms with van der Waals surface area (Å²) in [6.07, 6.45) is 0. The lowest BCUT2D eigenvalue weighted by Crippen LogP contribution is -2.36. The first-order valence-corrected chi connectivity index (χ1v) is 9.76. The van der Waals surface area contributed by atoms with Gasteiger partial charge in [-0.2, -0.15) is 5.10 Å². The number of fused-ring (bicyclic) bond motifs is 1. The highest BCUT2D eigenvalue weighted by atomic mass is 16.5. The molecule has 3 N–H and O–H groups in total. The number of anilines is 1. The minimum atomic E-state index is -0.407. The Hall–Kier alpha value is -4.01. The summed E-state index contributed by atoms with van der Waals surface area (Å²) in [7, 11) is 2.98. The first-order chi connectivity index (χ1) is 15.1. The van der Waals surface area contributed by atoms with Crippen LogP contribution in [0, 0.1) is 0 Å². The lowest BCUT2D eigenvalue weighted by Gasteiger charge is -2.17. The first-order valence-electron chi connectivity index (χ1n) is 9.76. The smallest absolute Gasteiger partial charge is 0.318 e. The van der Waals surface area contributed by atoms with E-state index in [4.69, 9.17) is 9.47 Å². The Morgan fingerprint density at radius 2 is 1.74 bits per heavy atom. The van der Waals surface area contributed by atoms with E-state index in [0.717, 1.165) is 16.8 Å². The number of ether oxygens (including phenoxy) is 2. The summed E-state index contributed by atoms with van der Waals surface area (Å²) < 4.78 is 10.6. The molecule has 9 nitrogen and oxygen atoms in total. The van der Waals surface area contributed by atoms with Crippen LogP contribution in [0.25, 0.3) is 0 Å². The van der Waals surface area contributed by atoms with Gasteiger partial charge in [0, 0.05) is 12.1 Å². The number of amides is 3. The first kappa shape index (κ1) is 20.3. The minimum Gasteiger partial charge on any atom is -0.496 e. The van der Waals surface area contributed by atoms with Gasteiger partial charge in [0.25, 0.3) is 5.91 Å². The van der Waals surface area contributed by atoms with Crippen molar-refractivity contribution < 1.29 is 19.1 Å². The summed E-state index contributed by atoms with van der Waals surface area (Å²) in [4.78, 5) is 27.2. The van der Waals surface area contributed by atoms with E-state index in [2.05, 4.69) is 20.8 Å². The Bertz CT molecular complexity index is 1070. The summed E-state index contributed by atoms with van der Waals surface area (Å²) in [5, 5.41) is 12.8. The number of H-pyrrole nitrogens is 1. The average Bonchev–Trinajstić information content (AvgIpc) is 3.39. The van der Waals surface area contributed by atoms with Crippen LogP contribution in [0.3, 0.4) is 0 Å². The number of aromatic nitrogens is 2. The third-order valence-electron chi connectivity index (χ3n) is 5.11. The highest BCUT2D eigenvalue weighted by Gasteiger charge is 2.29. The highest BCUT2D eigenvalue weighted by molar-refractivity contribution is 6.08. The van der Waals surface area contributed by atoms with Gasteiger partial charge in [0.2, 0.25) is 0 Å². The van der Waals surface area contributed by atoms with E-state index < -0.39 is 5.91 Å². The van der Waals surface area contributed by atoms with Gasteiger partial charge in [0.15, 0.2) is 5.82 Å². The number of nitrogens with one attached hydrogen (secondary N) is 3. The Morgan fingerprint density at radius 1 is 1.03 bits per heavy atom. The fourth-order valence-corrected chi connectivity index (χ4v) is 3.52. The highest BCUT2D eigenvalue weighted by Crippen LogP contribution is 2.31. The second-order valence-electron chi connectivity index (χ2n) is 7.02. The lowest BCUT2D eigenvalue weighted by molar-refractivity contribution is 0.102. The molecule has 2 aromatic carbocycles. The van der Waals surface area contributed by atoms with Crippen molar-refractivity contribution in [1.29, 1.82) is 0 Å². The normalized spacial score (nSPS) is 12.3. The SMILES string of the molecule is COc1cccc(OC)c1C(=O)Nc1n[nH]c2c1CN(C(=O)NCc1ccccc1)C2. The minimum absolute atomic E-state index is 0.183. The van der Waals surface area contributed by atoms with E-state index >= 15 is 0 Å². The van der Waals surface area contributed by atoms with Crippen molar-refractivity contribution in [2.75, 3.05) is 19.5 Å². The molecule has 1 aliphatic rings. The number of methoxy groups -OCH3 is 2. The van der Waals surface area contributed by atoms with Crippen LogP contribution in [0.2, 0.25) is 0 Å². The molecule has 0 spiro atoms. The van der Waals surface area contributed by atoms with Crippen molar-refractivity contribution in [2.24, 2.45) is 0 Å². The molecule has 9 heteroatoms. The molecule has 1 aromatic heterocycles. The molecule has 0 fully saturated rings. The van der Waals surface area contributed by atoms with E-state index in [-0.39, 0.29) is 11.6 Å². The number of hydrogen-bond acceptors (Lipinski definition) is 5. The van der Waals surface area contributed by atoms with Crippen molar-refractivity contribution in [3.05, 3.63) is 70.9 Å². The van der Waals surface area contributed by atoms with Crippen LogP contribution < -0.4 is 20.1 Å². The third-order valence-corrected chi connectivity index (χ3v) is 5.11. The van der Waals surface area contributed by atoms with Crippen LogP contribution in [-0.2, 0) is 19.6 Å². The average molecular weight is 421 g/mol. The second kappa shape index (κ2) is 8.78. The predicted molar refractivity (Wildman–Crippen MR) is 114 cm³/mol. The van der Waals surface area contributed by atoms with Gasteiger partial charge in [0.1, 0.15) is 17.1 Å². The van der Waals surface area contributed by atoms with Crippen LogP contribution in [0.15, 0.2) is 48.5 Å². The maximum atomic E-state index is 12.9. The van der Waals surface area contributed by atoms with E-state index in [1.165, 1.54) is 14.2 Å². The van der Waals surface area contributed by atoms with E-state index in [1.54, 1.807) is 23.1 Å². The third kappa shape index (κ3) is 4.16. The second-order valence-corrected chi connectivity index (χ2v) is 7.02. The summed E-state index contributed by atoms with van der Waals surface area (Å²) in [6, 6.07) is 14.6. The summed E-state index contributed by atoms with van der Waals surface area (Å²) >= 11 is 0. The van der Waals surface area contributed by atoms with Gasteiger partial charge < -0.3 is 25.0 Å². The molecule has 0 saturated carbocycles. The number of carbonyl (C=O) groups is 2. The number of nitrogens with zero attached hydrogens (tertiary/aromatic N) is 2. The largest absolute Gasteiger partial charge is 0.496 e. The van der Waals surface area contributed by atoms with Gasteiger partial charge in [-0.3, -0.25) is 9.89 Å². The fraction of sp³-hybridized carbons (Fsp3) is 0.227.